The van der Waals surface area contributed by atoms with Crippen LogP contribution >= 0.6 is 0 Å². The van der Waals surface area contributed by atoms with E-state index in [9.17, 15) is 8.42 Å². The second-order valence-electron chi connectivity index (χ2n) is 3.83. The lowest BCUT2D eigenvalue weighted by molar-refractivity contribution is 0.0678. The minimum atomic E-state index is -3.10. The van der Waals surface area contributed by atoms with Crippen molar-refractivity contribution in [2.24, 2.45) is 5.92 Å². The fraction of sp³-hybridized carbons (Fsp3) is 1.00. The molecule has 1 fully saturated rings. The molecule has 0 saturated carbocycles. The molecule has 1 aliphatic rings. The maximum Gasteiger partial charge on any atom is 0.212 e. The highest BCUT2D eigenvalue weighted by Gasteiger charge is 2.16. The first-order valence-corrected chi connectivity index (χ1v) is 6.99. The van der Waals surface area contributed by atoms with Crippen LogP contribution in [0.25, 0.3) is 0 Å². The summed E-state index contributed by atoms with van der Waals surface area (Å²) in [7, 11) is -1.35. The van der Waals surface area contributed by atoms with Gasteiger partial charge in [0.15, 0.2) is 0 Å². The second kappa shape index (κ2) is 6.42. The maximum absolute atomic E-state index is 11.4. The Morgan fingerprint density at radius 2 is 2.00 bits per heavy atom. The van der Waals surface area contributed by atoms with E-state index in [-0.39, 0.29) is 5.75 Å². The first-order chi connectivity index (χ1) is 7.14. The van der Waals surface area contributed by atoms with Gasteiger partial charge >= 0.3 is 0 Å². The molecule has 1 saturated heterocycles. The van der Waals surface area contributed by atoms with Crippen molar-refractivity contribution in [3.63, 3.8) is 0 Å². The molecular formula is C9H20N2O3S. The van der Waals surface area contributed by atoms with Crippen molar-refractivity contribution in [1.29, 1.82) is 0 Å². The Kier molecular flexibility index (Phi) is 5.52. The highest BCUT2D eigenvalue weighted by Crippen LogP contribution is 2.13. The van der Waals surface area contributed by atoms with Crippen LogP contribution in [0.4, 0.5) is 0 Å². The van der Waals surface area contributed by atoms with Gasteiger partial charge in [-0.3, -0.25) is 0 Å². The van der Waals surface area contributed by atoms with Gasteiger partial charge in [0.05, 0.1) is 5.75 Å². The van der Waals surface area contributed by atoms with Gasteiger partial charge in [-0.1, -0.05) is 0 Å². The number of ether oxygens (including phenoxy) is 1. The van der Waals surface area contributed by atoms with E-state index in [0.29, 0.717) is 19.0 Å². The largest absolute Gasteiger partial charge is 0.381 e. The van der Waals surface area contributed by atoms with Gasteiger partial charge in [0.2, 0.25) is 10.0 Å². The standard InChI is InChI=1S/C9H20N2O3S/c1-10-4-7-15(12,13)11-8-9-2-5-14-6-3-9/h9-11H,2-8H2,1H3. The lowest BCUT2D eigenvalue weighted by Gasteiger charge is -2.22. The number of sulfonamides is 1. The van der Waals surface area contributed by atoms with E-state index in [2.05, 4.69) is 10.0 Å². The Labute approximate surface area is 91.6 Å². The zero-order chi connectivity index (χ0) is 11.1. The highest BCUT2D eigenvalue weighted by molar-refractivity contribution is 7.89. The van der Waals surface area contributed by atoms with Crippen LogP contribution in [0.1, 0.15) is 12.8 Å². The van der Waals surface area contributed by atoms with E-state index in [4.69, 9.17) is 4.74 Å². The lowest BCUT2D eigenvalue weighted by Crippen LogP contribution is -2.35. The molecule has 90 valence electrons. The molecule has 5 nitrogen and oxygen atoms in total. The van der Waals surface area contributed by atoms with Crippen molar-refractivity contribution in [1.82, 2.24) is 10.0 Å². The van der Waals surface area contributed by atoms with Crippen molar-refractivity contribution in [3.8, 4) is 0 Å². The van der Waals surface area contributed by atoms with Crippen LogP contribution in [-0.2, 0) is 14.8 Å². The molecule has 0 amide bonds. The summed E-state index contributed by atoms with van der Waals surface area (Å²) in [5, 5.41) is 2.82. The normalized spacial score (nSPS) is 19.3. The third-order valence-electron chi connectivity index (χ3n) is 2.55. The third-order valence-corrected chi connectivity index (χ3v) is 3.90. The molecule has 0 aliphatic carbocycles. The van der Waals surface area contributed by atoms with Gasteiger partial charge in [-0.2, -0.15) is 0 Å². The van der Waals surface area contributed by atoms with Crippen LogP contribution in [0.3, 0.4) is 0 Å². The van der Waals surface area contributed by atoms with Crippen molar-refractivity contribution in [2.45, 2.75) is 12.8 Å². The van der Waals surface area contributed by atoms with Gasteiger partial charge in [-0.25, -0.2) is 13.1 Å². The molecule has 1 aliphatic heterocycles. The first kappa shape index (κ1) is 12.9. The Morgan fingerprint density at radius 3 is 2.60 bits per heavy atom. The molecule has 0 aromatic rings. The van der Waals surface area contributed by atoms with Gasteiger partial charge in [-0.15, -0.1) is 0 Å². The highest BCUT2D eigenvalue weighted by atomic mass is 32.2. The smallest absolute Gasteiger partial charge is 0.212 e. The molecule has 0 aromatic heterocycles. The topological polar surface area (TPSA) is 67.4 Å². The van der Waals surface area contributed by atoms with Crippen LogP contribution < -0.4 is 10.0 Å². The fourth-order valence-corrected chi connectivity index (χ4v) is 2.61. The van der Waals surface area contributed by atoms with Gasteiger partial charge in [0, 0.05) is 26.3 Å². The minimum Gasteiger partial charge on any atom is -0.381 e. The molecule has 0 bridgehead atoms. The molecule has 2 N–H and O–H groups in total. The summed E-state index contributed by atoms with van der Waals surface area (Å²) in [6.45, 7) is 2.55. The summed E-state index contributed by atoms with van der Waals surface area (Å²) < 4.78 is 30.7. The fourth-order valence-electron chi connectivity index (χ4n) is 1.50. The van der Waals surface area contributed by atoms with E-state index in [0.717, 1.165) is 26.1 Å². The van der Waals surface area contributed by atoms with Crippen molar-refractivity contribution in [3.05, 3.63) is 0 Å². The van der Waals surface area contributed by atoms with E-state index in [1.165, 1.54) is 0 Å². The summed E-state index contributed by atoms with van der Waals surface area (Å²) in [5.74, 6) is 0.579. The van der Waals surface area contributed by atoms with Crippen LogP contribution in [0.15, 0.2) is 0 Å². The molecule has 1 heterocycles. The van der Waals surface area contributed by atoms with Crippen LogP contribution in [0, 0.1) is 5.92 Å². The maximum atomic E-state index is 11.4. The van der Waals surface area contributed by atoms with Crippen LogP contribution in [0.2, 0.25) is 0 Å². The Hall–Kier alpha value is -0.170. The van der Waals surface area contributed by atoms with E-state index >= 15 is 0 Å². The third kappa shape index (κ3) is 5.46. The summed E-state index contributed by atoms with van der Waals surface area (Å²) in [4.78, 5) is 0. The van der Waals surface area contributed by atoms with Gasteiger partial charge in [0.25, 0.3) is 0 Å². The predicted molar refractivity (Wildman–Crippen MR) is 59.3 cm³/mol. The van der Waals surface area contributed by atoms with Crippen molar-refractivity contribution in [2.75, 3.05) is 39.1 Å². The average molecular weight is 236 g/mol. The summed E-state index contributed by atoms with van der Waals surface area (Å²) in [5.41, 5.74) is 0. The van der Waals surface area contributed by atoms with E-state index in [1.807, 2.05) is 0 Å². The average Bonchev–Trinajstić information content (AvgIpc) is 2.25. The van der Waals surface area contributed by atoms with Crippen LogP contribution in [-0.4, -0.2) is 47.5 Å². The van der Waals surface area contributed by atoms with Crippen LogP contribution in [0.5, 0.6) is 0 Å². The molecule has 0 spiro atoms. The molecule has 0 radical (unpaired) electrons. The van der Waals surface area contributed by atoms with Gasteiger partial charge in [-0.05, 0) is 25.8 Å². The number of hydrogen-bond acceptors (Lipinski definition) is 4. The van der Waals surface area contributed by atoms with Crippen molar-refractivity contribution < 1.29 is 13.2 Å². The Morgan fingerprint density at radius 1 is 1.33 bits per heavy atom. The van der Waals surface area contributed by atoms with E-state index in [1.54, 1.807) is 7.05 Å². The summed E-state index contributed by atoms with van der Waals surface area (Å²) in [6, 6.07) is 0. The Balaban J connectivity index is 2.22. The SMILES string of the molecule is CNCCS(=O)(=O)NCC1CCOCC1. The summed E-state index contributed by atoms with van der Waals surface area (Å²) >= 11 is 0. The molecule has 1 rings (SSSR count). The zero-order valence-corrected chi connectivity index (χ0v) is 9.98. The first-order valence-electron chi connectivity index (χ1n) is 5.34. The quantitative estimate of drug-likeness (QED) is 0.655. The molecule has 15 heavy (non-hydrogen) atoms. The number of nitrogens with one attached hydrogen (secondary N) is 2. The second-order valence-corrected chi connectivity index (χ2v) is 5.75. The monoisotopic (exact) mass is 236 g/mol. The number of hydrogen-bond donors (Lipinski definition) is 2. The predicted octanol–water partition coefficient (Wildman–Crippen LogP) is -0.448. The molecular weight excluding hydrogens is 216 g/mol. The minimum absolute atomic E-state index is 0.146. The lowest BCUT2D eigenvalue weighted by atomic mass is 10.0. The summed E-state index contributed by atoms with van der Waals surface area (Å²) in [6.07, 6.45) is 1.91. The number of rotatable bonds is 6. The molecule has 0 atom stereocenters. The van der Waals surface area contributed by atoms with Crippen molar-refractivity contribution >= 4 is 10.0 Å². The molecule has 6 heteroatoms. The van der Waals surface area contributed by atoms with Gasteiger partial charge < -0.3 is 10.1 Å². The zero-order valence-electron chi connectivity index (χ0n) is 9.16. The molecule has 0 aromatic carbocycles. The van der Waals surface area contributed by atoms with E-state index < -0.39 is 10.0 Å². The van der Waals surface area contributed by atoms with Gasteiger partial charge in [0.1, 0.15) is 0 Å². The Bertz CT molecular complexity index is 261. The molecule has 0 unspecified atom stereocenters.